The largest absolute Gasteiger partial charge is 4.00 e. The molecule has 2 rings (SSSR count). The minimum absolute atomic E-state index is 0. The van der Waals surface area contributed by atoms with E-state index in [9.17, 15) is 9.13 Å². The summed E-state index contributed by atoms with van der Waals surface area (Å²) in [7, 11) is 0.368. The van der Waals surface area contributed by atoms with E-state index in [4.69, 9.17) is 18.1 Å². The first-order valence-electron chi connectivity index (χ1n) is 11.5. The first kappa shape index (κ1) is 40.5. The van der Waals surface area contributed by atoms with Gasteiger partial charge in [-0.15, -0.1) is 11.4 Å². The zero-order chi connectivity index (χ0) is 27.7. The van der Waals surface area contributed by atoms with Crippen LogP contribution in [0.1, 0.15) is 27.7 Å². The zero-order valence-electron chi connectivity index (χ0n) is 23.2. The molecule has 37 heavy (non-hydrogen) atoms. The monoisotopic (exact) mass is 592 g/mol. The molecular weight excluding hydrogens is 550 g/mol. The molecule has 208 valence electrons. The maximum atomic E-state index is 12.0. The third-order valence-electron chi connectivity index (χ3n) is 3.16. The van der Waals surface area contributed by atoms with Gasteiger partial charge in [-0.2, -0.15) is 28.2 Å². The molecule has 0 atom stereocenters. The van der Waals surface area contributed by atoms with Crippen LogP contribution in [0.5, 0.6) is 0 Å². The average molecular weight is 592 g/mol. The van der Waals surface area contributed by atoms with Gasteiger partial charge in [0.15, 0.2) is 0 Å². The van der Waals surface area contributed by atoms with Gasteiger partial charge in [-0.3, -0.25) is 9.13 Å². The Kier molecular flexibility index (Phi) is 29.1. The Labute approximate surface area is 239 Å². The van der Waals surface area contributed by atoms with Gasteiger partial charge in [0, 0.05) is 0 Å². The van der Waals surface area contributed by atoms with Crippen LogP contribution in [0.2, 0.25) is 0 Å². The van der Waals surface area contributed by atoms with Gasteiger partial charge in [-0.25, -0.2) is 0 Å². The summed E-state index contributed by atoms with van der Waals surface area (Å²) in [6.45, 7) is 8.28. The number of hydrogen-bond acceptors (Lipinski definition) is 6. The van der Waals surface area contributed by atoms with E-state index in [1.165, 1.54) is 0 Å². The van der Waals surface area contributed by atoms with Gasteiger partial charge in [-0.05, 0) is 27.7 Å². The van der Waals surface area contributed by atoms with E-state index in [2.05, 4.69) is 20.8 Å². The molecule has 0 fully saturated rings. The number of rotatable bonds is 12. The van der Waals surface area contributed by atoms with Crippen LogP contribution in [0.3, 0.4) is 0 Å². The Morgan fingerprint density at radius 3 is 0.946 bits per heavy atom. The molecule has 0 spiro atoms. The molecule has 0 radical (unpaired) electrons. The van der Waals surface area contributed by atoms with Crippen LogP contribution in [0.25, 0.3) is 20.8 Å². The molecular formula is C24H42N4O6P2Ti. The van der Waals surface area contributed by atoms with Gasteiger partial charge in [0.2, 0.25) is 0 Å². The third-order valence-corrected chi connectivity index (χ3v) is 6.45. The van der Waals surface area contributed by atoms with E-state index in [0.717, 1.165) is 0 Å². The second-order valence-electron chi connectivity index (χ2n) is 6.37. The quantitative estimate of drug-likeness (QED) is 0.179. The molecule has 2 aromatic carbocycles. The van der Waals surface area contributed by atoms with Crippen LogP contribution in [0, 0.1) is 0 Å². The molecule has 0 saturated carbocycles. The molecule has 2 aromatic rings. The van der Waals surface area contributed by atoms with Crippen LogP contribution >= 0.6 is 15.5 Å². The Morgan fingerprint density at radius 2 is 0.757 bits per heavy atom. The molecule has 0 unspecified atom stereocenters. The minimum atomic E-state index is -3.32. The Balaban J connectivity index is -0.000000504. The van der Waals surface area contributed by atoms with Crippen molar-refractivity contribution >= 4 is 26.9 Å². The molecule has 0 aromatic heterocycles. The zero-order valence-corrected chi connectivity index (χ0v) is 26.6. The summed E-state index contributed by atoms with van der Waals surface area (Å²) >= 11 is 0. The maximum Gasteiger partial charge on any atom is 4.00 e. The Hall–Kier alpha value is -1.03. The van der Waals surface area contributed by atoms with Gasteiger partial charge in [0.1, 0.15) is 0 Å². The minimum Gasteiger partial charge on any atom is -0.668 e. The maximum absolute atomic E-state index is 12.0. The van der Waals surface area contributed by atoms with Gasteiger partial charge in [0.25, 0.3) is 15.5 Å². The third kappa shape index (κ3) is 22.7. The fraction of sp³-hybridized carbons (Fsp3) is 0.500. The van der Waals surface area contributed by atoms with E-state index < -0.39 is 15.5 Å². The molecule has 0 aliphatic rings. The second-order valence-corrected chi connectivity index (χ2v) is 9.68. The first-order chi connectivity index (χ1) is 17.2. The molecule has 0 aliphatic heterocycles. The summed E-state index contributed by atoms with van der Waals surface area (Å²) in [6, 6.07) is 18.0. The molecule has 10 nitrogen and oxygen atoms in total. The van der Waals surface area contributed by atoms with Crippen molar-refractivity contribution in [3.63, 3.8) is 0 Å². The molecule has 0 amide bonds. The van der Waals surface area contributed by atoms with Crippen LogP contribution < -0.4 is 0 Å². The van der Waals surface area contributed by atoms with Crippen molar-refractivity contribution in [2.24, 2.45) is 0 Å². The van der Waals surface area contributed by atoms with Crippen molar-refractivity contribution in [1.82, 2.24) is 0 Å². The predicted octanol–water partition coefficient (Wildman–Crippen LogP) is 8.98. The SMILES string of the molecule is CCOP(=O)([N-]c1ccccc1)OCC.CCOP(=O)([N-]c1ccccc1)OCC.C[N-]C.C[N-]C.[Ti+4]. The van der Waals surface area contributed by atoms with Gasteiger partial charge in [0.05, 0.1) is 26.4 Å². The first-order valence-corrected chi connectivity index (χ1v) is 14.5. The van der Waals surface area contributed by atoms with Gasteiger partial charge in [-0.1, -0.05) is 60.7 Å². The normalized spacial score (nSPS) is 10.2. The molecule has 0 saturated heterocycles. The van der Waals surface area contributed by atoms with Crippen molar-refractivity contribution in [3.8, 4) is 0 Å². The van der Waals surface area contributed by atoms with Crippen LogP contribution in [0.15, 0.2) is 60.7 Å². The Morgan fingerprint density at radius 1 is 0.541 bits per heavy atom. The summed E-state index contributed by atoms with van der Waals surface area (Å²) in [5.41, 5.74) is 1.20. The van der Waals surface area contributed by atoms with Gasteiger partial charge >= 0.3 is 21.7 Å². The summed E-state index contributed by atoms with van der Waals surface area (Å²) in [5.74, 6) is 0. The summed E-state index contributed by atoms with van der Waals surface area (Å²) in [4.78, 5) is 0. The van der Waals surface area contributed by atoms with E-state index in [1.54, 1.807) is 80.2 Å². The summed E-state index contributed by atoms with van der Waals surface area (Å²) < 4.78 is 44.1. The fourth-order valence-electron chi connectivity index (χ4n) is 2.11. The fourth-order valence-corrected chi connectivity index (χ4v) is 4.63. The topological polar surface area (TPSA) is 127 Å². The van der Waals surface area contributed by atoms with Crippen LogP contribution in [-0.4, -0.2) is 54.6 Å². The molecule has 0 aliphatic carbocycles. The smallest absolute Gasteiger partial charge is 0.668 e. The van der Waals surface area contributed by atoms with Crippen LogP contribution in [-0.2, 0) is 48.9 Å². The van der Waals surface area contributed by atoms with Crippen molar-refractivity contribution in [3.05, 3.63) is 81.5 Å². The van der Waals surface area contributed by atoms with E-state index in [-0.39, 0.29) is 21.7 Å². The van der Waals surface area contributed by atoms with Crippen molar-refractivity contribution in [2.45, 2.75) is 27.7 Å². The Bertz CT molecular complexity index is 749. The van der Waals surface area contributed by atoms with E-state index in [1.807, 2.05) is 36.4 Å². The number of benzene rings is 2. The predicted molar refractivity (Wildman–Crippen MR) is 151 cm³/mol. The van der Waals surface area contributed by atoms with Crippen molar-refractivity contribution in [1.29, 1.82) is 0 Å². The van der Waals surface area contributed by atoms with Crippen molar-refractivity contribution in [2.75, 3.05) is 54.6 Å². The average Bonchev–Trinajstić information content (AvgIpc) is 2.82. The van der Waals surface area contributed by atoms with E-state index in [0.29, 0.717) is 37.8 Å². The number of nitrogens with zero attached hydrogens (tertiary/aromatic N) is 4. The van der Waals surface area contributed by atoms with E-state index >= 15 is 0 Å². The van der Waals surface area contributed by atoms with Gasteiger partial charge < -0.3 is 38.9 Å². The standard InChI is InChI=1S/2C10H15NO3P.2C2H6N.Ti/c2*1-3-13-15(12,14-4-2)11-10-8-6-5-7-9-10;2*1-3-2;/h2*5-9H,3-4H2,1-2H3;2*1-2H3;/q4*-1;+4. The summed E-state index contributed by atoms with van der Waals surface area (Å²) in [5, 5.41) is 15.0. The number of hydrogen-bond donors (Lipinski definition) is 0. The second kappa shape index (κ2) is 26.6. The molecule has 0 bridgehead atoms. The summed E-state index contributed by atoms with van der Waals surface area (Å²) in [6.07, 6.45) is 0. The van der Waals surface area contributed by atoms with Crippen molar-refractivity contribution < 1.29 is 48.9 Å². The molecule has 13 heteroatoms. The molecule has 0 heterocycles. The molecule has 0 N–H and O–H groups in total. The van der Waals surface area contributed by atoms with Crippen LogP contribution in [0.4, 0.5) is 11.4 Å².